The summed E-state index contributed by atoms with van der Waals surface area (Å²) in [6, 6.07) is -0.699. The zero-order chi connectivity index (χ0) is 17.2. The number of amides is 3. The monoisotopic (exact) mass is 325 g/mol. The highest BCUT2D eigenvalue weighted by molar-refractivity contribution is 5.90. The van der Waals surface area contributed by atoms with Gasteiger partial charge in [0.1, 0.15) is 11.6 Å². The lowest BCUT2D eigenvalue weighted by Gasteiger charge is -2.39. The first-order valence-electron chi connectivity index (χ1n) is 8.27. The van der Waals surface area contributed by atoms with E-state index in [1.807, 2.05) is 27.7 Å². The van der Waals surface area contributed by atoms with E-state index >= 15 is 0 Å². The van der Waals surface area contributed by atoms with Crippen molar-refractivity contribution in [1.82, 2.24) is 15.5 Å². The molecule has 2 N–H and O–H groups in total. The molecule has 130 valence electrons. The van der Waals surface area contributed by atoms with E-state index in [0.717, 1.165) is 6.42 Å². The van der Waals surface area contributed by atoms with E-state index in [9.17, 15) is 14.4 Å². The molecule has 3 amide bonds. The van der Waals surface area contributed by atoms with Gasteiger partial charge < -0.3 is 20.3 Å². The van der Waals surface area contributed by atoms with Crippen molar-refractivity contribution in [3.05, 3.63) is 0 Å². The van der Waals surface area contributed by atoms with Crippen LogP contribution in [0.2, 0.25) is 0 Å². The second-order valence-corrected chi connectivity index (χ2v) is 7.30. The number of carbonyl (C=O) groups is 3. The van der Waals surface area contributed by atoms with E-state index in [2.05, 4.69) is 10.6 Å². The Bertz CT molecular complexity index is 486. The number of piperidine rings is 1. The van der Waals surface area contributed by atoms with Crippen LogP contribution < -0.4 is 10.6 Å². The van der Waals surface area contributed by atoms with Gasteiger partial charge in [0.15, 0.2) is 0 Å². The molecule has 0 aromatic rings. The molecule has 2 rings (SSSR count). The lowest BCUT2D eigenvalue weighted by Crippen LogP contribution is -2.54. The van der Waals surface area contributed by atoms with E-state index in [4.69, 9.17) is 4.74 Å². The lowest BCUT2D eigenvalue weighted by atomic mass is 9.89. The van der Waals surface area contributed by atoms with Crippen LogP contribution in [-0.2, 0) is 14.3 Å². The van der Waals surface area contributed by atoms with Crippen molar-refractivity contribution >= 4 is 17.9 Å². The molecular formula is C16H27N3O4. The van der Waals surface area contributed by atoms with Crippen LogP contribution in [0.5, 0.6) is 0 Å². The zero-order valence-electron chi connectivity index (χ0n) is 14.3. The third-order valence-corrected chi connectivity index (χ3v) is 4.32. The maximum Gasteiger partial charge on any atom is 0.410 e. The van der Waals surface area contributed by atoms with E-state index < -0.39 is 11.6 Å². The van der Waals surface area contributed by atoms with Crippen molar-refractivity contribution in [2.24, 2.45) is 5.92 Å². The fourth-order valence-corrected chi connectivity index (χ4v) is 3.08. The summed E-state index contributed by atoms with van der Waals surface area (Å²) in [5, 5.41) is 5.51. The van der Waals surface area contributed by atoms with Crippen LogP contribution >= 0.6 is 0 Å². The molecule has 0 aromatic carbocycles. The van der Waals surface area contributed by atoms with Gasteiger partial charge in [-0.3, -0.25) is 9.59 Å². The van der Waals surface area contributed by atoms with Gasteiger partial charge in [-0.1, -0.05) is 0 Å². The van der Waals surface area contributed by atoms with Crippen LogP contribution in [0.1, 0.15) is 47.0 Å². The summed E-state index contributed by atoms with van der Waals surface area (Å²) < 4.78 is 5.42. The van der Waals surface area contributed by atoms with Crippen LogP contribution in [0.25, 0.3) is 0 Å². The van der Waals surface area contributed by atoms with Gasteiger partial charge in [0.05, 0.1) is 5.92 Å². The zero-order valence-corrected chi connectivity index (χ0v) is 14.3. The number of nitrogens with zero attached hydrogens (tertiary/aromatic N) is 1. The summed E-state index contributed by atoms with van der Waals surface area (Å²) in [5.74, 6) is -0.608. The van der Waals surface area contributed by atoms with Crippen LogP contribution in [0.3, 0.4) is 0 Å². The van der Waals surface area contributed by atoms with Gasteiger partial charge in [0.2, 0.25) is 11.8 Å². The SMILES string of the molecule is C[C@@H]1[C@H](C(=O)NC2CCNC2=O)CCCN1C(=O)OC(C)(C)C. The first-order valence-corrected chi connectivity index (χ1v) is 8.27. The number of nitrogens with one attached hydrogen (secondary N) is 2. The molecule has 7 heteroatoms. The third kappa shape index (κ3) is 4.36. The molecular weight excluding hydrogens is 298 g/mol. The molecule has 2 aliphatic heterocycles. The minimum atomic E-state index is -0.562. The Hall–Kier alpha value is -1.79. The summed E-state index contributed by atoms with van der Waals surface area (Å²) in [4.78, 5) is 38.0. The summed E-state index contributed by atoms with van der Waals surface area (Å²) in [6.45, 7) is 8.51. The topological polar surface area (TPSA) is 87.7 Å². The molecule has 0 spiro atoms. The van der Waals surface area contributed by atoms with Gasteiger partial charge in [-0.15, -0.1) is 0 Å². The molecule has 0 aliphatic carbocycles. The largest absolute Gasteiger partial charge is 0.444 e. The van der Waals surface area contributed by atoms with Crippen LogP contribution in [0.15, 0.2) is 0 Å². The quantitative estimate of drug-likeness (QED) is 0.794. The first kappa shape index (κ1) is 17.6. The average molecular weight is 325 g/mol. The molecule has 0 radical (unpaired) electrons. The Morgan fingerprint density at radius 2 is 2.00 bits per heavy atom. The molecule has 2 fully saturated rings. The molecule has 0 saturated carbocycles. The Labute approximate surface area is 137 Å². The van der Waals surface area contributed by atoms with Crippen molar-refractivity contribution in [1.29, 1.82) is 0 Å². The minimum absolute atomic E-state index is 0.134. The van der Waals surface area contributed by atoms with Gasteiger partial charge in [0, 0.05) is 19.1 Å². The van der Waals surface area contributed by atoms with E-state index in [1.165, 1.54) is 0 Å². The normalized spacial score (nSPS) is 28.3. The minimum Gasteiger partial charge on any atom is -0.444 e. The number of hydrogen-bond donors (Lipinski definition) is 2. The Kier molecular flexibility index (Phi) is 5.16. The maximum atomic E-state index is 12.5. The highest BCUT2D eigenvalue weighted by Crippen LogP contribution is 2.26. The fourth-order valence-electron chi connectivity index (χ4n) is 3.08. The number of hydrogen-bond acceptors (Lipinski definition) is 4. The maximum absolute atomic E-state index is 12.5. The highest BCUT2D eigenvalue weighted by Gasteiger charge is 2.38. The second kappa shape index (κ2) is 6.76. The molecule has 2 aliphatic rings. The van der Waals surface area contributed by atoms with Crippen molar-refractivity contribution in [2.75, 3.05) is 13.1 Å². The molecule has 1 unspecified atom stereocenters. The Balaban J connectivity index is 1.98. The van der Waals surface area contributed by atoms with Crippen molar-refractivity contribution < 1.29 is 19.1 Å². The van der Waals surface area contributed by atoms with Gasteiger partial charge in [-0.2, -0.15) is 0 Å². The summed E-state index contributed by atoms with van der Waals surface area (Å²) >= 11 is 0. The van der Waals surface area contributed by atoms with Crippen molar-refractivity contribution in [3.63, 3.8) is 0 Å². The number of ether oxygens (including phenoxy) is 1. The van der Waals surface area contributed by atoms with E-state index in [1.54, 1.807) is 4.90 Å². The molecule has 0 bridgehead atoms. The third-order valence-electron chi connectivity index (χ3n) is 4.32. The Morgan fingerprint density at radius 1 is 1.30 bits per heavy atom. The number of rotatable bonds is 2. The van der Waals surface area contributed by atoms with Crippen LogP contribution in [0.4, 0.5) is 4.79 Å². The van der Waals surface area contributed by atoms with Crippen molar-refractivity contribution in [2.45, 2.75) is 64.6 Å². The lowest BCUT2D eigenvalue weighted by molar-refractivity contribution is -0.132. The molecule has 2 heterocycles. The van der Waals surface area contributed by atoms with Gasteiger partial charge in [-0.05, 0) is 47.0 Å². The fraction of sp³-hybridized carbons (Fsp3) is 0.812. The number of carbonyl (C=O) groups excluding carboxylic acids is 3. The predicted octanol–water partition coefficient (Wildman–Crippen LogP) is 1.03. The first-order chi connectivity index (χ1) is 10.7. The molecule has 23 heavy (non-hydrogen) atoms. The smallest absolute Gasteiger partial charge is 0.410 e. The standard InChI is InChI=1S/C16H27N3O4/c1-10-11(13(20)18-12-7-8-17-14(12)21)6-5-9-19(10)15(22)23-16(2,3)4/h10-12H,5-9H2,1-4H3,(H,17,21)(H,18,20)/t10-,11-,12?/m1/s1. The van der Waals surface area contributed by atoms with Crippen LogP contribution in [-0.4, -0.2) is 53.6 Å². The molecule has 7 nitrogen and oxygen atoms in total. The second-order valence-electron chi connectivity index (χ2n) is 7.30. The van der Waals surface area contributed by atoms with Gasteiger partial charge in [0.25, 0.3) is 0 Å². The summed E-state index contributed by atoms with van der Waals surface area (Å²) in [6.07, 6.45) is 1.68. The number of likely N-dealkylation sites (tertiary alicyclic amines) is 1. The van der Waals surface area contributed by atoms with E-state index in [-0.39, 0.29) is 29.9 Å². The van der Waals surface area contributed by atoms with Gasteiger partial charge >= 0.3 is 6.09 Å². The van der Waals surface area contributed by atoms with Crippen molar-refractivity contribution in [3.8, 4) is 0 Å². The summed E-state index contributed by atoms with van der Waals surface area (Å²) in [5.41, 5.74) is -0.562. The predicted molar refractivity (Wildman–Crippen MR) is 84.7 cm³/mol. The van der Waals surface area contributed by atoms with Gasteiger partial charge in [-0.25, -0.2) is 4.79 Å². The van der Waals surface area contributed by atoms with E-state index in [0.29, 0.717) is 25.9 Å². The molecule has 2 saturated heterocycles. The average Bonchev–Trinajstić information content (AvgIpc) is 2.82. The highest BCUT2D eigenvalue weighted by atomic mass is 16.6. The molecule has 3 atom stereocenters. The Morgan fingerprint density at radius 3 is 2.57 bits per heavy atom. The molecule has 0 aromatic heterocycles. The van der Waals surface area contributed by atoms with Crippen LogP contribution in [0, 0.1) is 5.92 Å². The summed E-state index contributed by atoms with van der Waals surface area (Å²) in [7, 11) is 0.